The second-order valence-corrected chi connectivity index (χ2v) is 7.06. The Labute approximate surface area is 178 Å². The van der Waals surface area contributed by atoms with Gasteiger partial charge in [0.05, 0.1) is 16.8 Å². The largest absolute Gasteiger partial charge is 0.369 e. The van der Waals surface area contributed by atoms with Crippen LogP contribution in [0, 0.1) is 0 Å². The maximum absolute atomic E-state index is 12.2. The summed E-state index contributed by atoms with van der Waals surface area (Å²) >= 11 is 0. The highest BCUT2D eigenvalue weighted by molar-refractivity contribution is 6.06. The Morgan fingerprint density at radius 1 is 1.16 bits per heavy atom. The van der Waals surface area contributed by atoms with Gasteiger partial charge < -0.3 is 15.6 Å². The zero-order chi connectivity index (χ0) is 21.8. The van der Waals surface area contributed by atoms with Gasteiger partial charge in [0, 0.05) is 55.1 Å². The number of nitrogens with zero attached hydrogens (tertiary/aromatic N) is 4. The lowest BCUT2D eigenvalue weighted by atomic mass is 9.96. The molecule has 3 N–H and O–H groups in total. The number of amides is 1. The number of hydrogen-bond donors (Lipinski definition) is 3. The van der Waals surface area contributed by atoms with Gasteiger partial charge in [0.25, 0.3) is 5.91 Å². The number of nitrogens with one attached hydrogen (secondary N) is 3. The zero-order valence-corrected chi connectivity index (χ0v) is 17.1. The van der Waals surface area contributed by atoms with Crippen molar-refractivity contribution in [2.45, 2.75) is 12.8 Å². The molecule has 31 heavy (non-hydrogen) atoms. The number of aromatic amines is 1. The van der Waals surface area contributed by atoms with Crippen LogP contribution in [-0.2, 0) is 0 Å². The molecule has 0 saturated heterocycles. The third-order valence-corrected chi connectivity index (χ3v) is 5.03. The Bertz CT molecular complexity index is 1280. The minimum absolute atomic E-state index is 0.101. The lowest BCUT2D eigenvalue weighted by Crippen LogP contribution is -2.18. The van der Waals surface area contributed by atoms with E-state index >= 15 is 0 Å². The van der Waals surface area contributed by atoms with Crippen LogP contribution >= 0.6 is 0 Å². The van der Waals surface area contributed by atoms with Crippen LogP contribution < -0.4 is 16.3 Å². The van der Waals surface area contributed by atoms with E-state index in [1.165, 1.54) is 12.5 Å². The lowest BCUT2D eigenvalue weighted by Gasteiger charge is -2.16. The molecule has 1 aromatic carbocycles. The summed E-state index contributed by atoms with van der Waals surface area (Å²) in [5.74, 6) is 0.618. The maximum Gasteiger partial charge on any atom is 0.344 e. The van der Waals surface area contributed by atoms with Crippen LogP contribution in [0.1, 0.15) is 28.8 Å². The van der Waals surface area contributed by atoms with Gasteiger partial charge in [-0.05, 0) is 11.6 Å². The summed E-state index contributed by atoms with van der Waals surface area (Å²) in [5.41, 5.74) is 3.38. The van der Waals surface area contributed by atoms with Crippen LogP contribution in [0.2, 0.25) is 0 Å². The Balaban J connectivity index is 1.56. The third-order valence-electron chi connectivity index (χ3n) is 5.03. The fraction of sp³-hybridized carbons (Fsp3) is 0.182. The minimum atomic E-state index is -0.409. The van der Waals surface area contributed by atoms with Crippen molar-refractivity contribution in [2.75, 3.05) is 18.9 Å². The summed E-state index contributed by atoms with van der Waals surface area (Å²) in [6, 6.07) is 9.39. The van der Waals surface area contributed by atoms with Crippen molar-refractivity contribution in [3.63, 3.8) is 0 Å². The van der Waals surface area contributed by atoms with Crippen LogP contribution in [-0.4, -0.2) is 44.4 Å². The van der Waals surface area contributed by atoms with E-state index in [0.717, 1.165) is 16.5 Å². The molecule has 156 valence electrons. The Morgan fingerprint density at radius 2 is 2.03 bits per heavy atom. The molecule has 0 aliphatic heterocycles. The van der Waals surface area contributed by atoms with Gasteiger partial charge in [-0.3, -0.25) is 9.78 Å². The molecule has 0 aliphatic carbocycles. The van der Waals surface area contributed by atoms with Gasteiger partial charge in [0.1, 0.15) is 12.1 Å². The standard InChI is InChI=1S/C22H21N7O2/c1-13(15-4-3-5-16-17(21(30)23-2)6-7-24-20(15)16)9-25-19-8-18(28-12-29-19)14-10-26-22(31)27-11-14/h3-8,10-13H,9H2,1-2H3,(H,23,30)(H,25,28,29)(H,26,27,31)/t13-/m1/s1. The maximum atomic E-state index is 12.2. The van der Waals surface area contributed by atoms with Crippen molar-refractivity contribution in [3.8, 4) is 11.3 Å². The Kier molecular flexibility index (Phi) is 5.65. The van der Waals surface area contributed by atoms with E-state index in [4.69, 9.17) is 0 Å². The van der Waals surface area contributed by atoms with Crippen LogP contribution in [0.25, 0.3) is 22.2 Å². The molecule has 9 nitrogen and oxygen atoms in total. The lowest BCUT2D eigenvalue weighted by molar-refractivity contribution is 0.0964. The van der Waals surface area contributed by atoms with Crippen molar-refractivity contribution >= 4 is 22.6 Å². The Morgan fingerprint density at radius 3 is 2.81 bits per heavy atom. The summed E-state index contributed by atoms with van der Waals surface area (Å²) < 4.78 is 0. The van der Waals surface area contributed by atoms with Crippen molar-refractivity contribution < 1.29 is 4.79 Å². The fourth-order valence-electron chi connectivity index (χ4n) is 3.39. The predicted octanol–water partition coefficient (Wildman–Crippen LogP) is 2.35. The van der Waals surface area contributed by atoms with Crippen molar-refractivity contribution in [1.29, 1.82) is 0 Å². The van der Waals surface area contributed by atoms with Crippen LogP contribution in [0.4, 0.5) is 5.82 Å². The van der Waals surface area contributed by atoms with E-state index in [1.807, 2.05) is 18.2 Å². The fourth-order valence-corrected chi connectivity index (χ4v) is 3.39. The number of anilines is 1. The summed E-state index contributed by atoms with van der Waals surface area (Å²) in [7, 11) is 1.62. The van der Waals surface area contributed by atoms with Crippen molar-refractivity contribution in [3.05, 3.63) is 76.9 Å². The van der Waals surface area contributed by atoms with E-state index in [9.17, 15) is 9.59 Å². The van der Waals surface area contributed by atoms with Crippen LogP contribution in [0.15, 0.2) is 60.0 Å². The molecule has 0 aliphatic rings. The molecule has 9 heteroatoms. The molecule has 1 atom stereocenters. The number of H-pyrrole nitrogens is 1. The summed E-state index contributed by atoms with van der Waals surface area (Å²) in [6.45, 7) is 2.69. The molecule has 0 unspecified atom stereocenters. The van der Waals surface area contributed by atoms with E-state index in [2.05, 4.69) is 42.5 Å². The monoisotopic (exact) mass is 415 g/mol. The summed E-state index contributed by atoms with van der Waals surface area (Å²) in [5, 5.41) is 6.82. The first-order chi connectivity index (χ1) is 15.1. The number of pyridine rings is 1. The molecule has 0 bridgehead atoms. The third kappa shape index (κ3) is 4.25. The van der Waals surface area contributed by atoms with Gasteiger partial charge >= 0.3 is 5.69 Å². The molecule has 1 amide bonds. The molecule has 4 aromatic rings. The first-order valence-corrected chi connectivity index (χ1v) is 9.77. The second kappa shape index (κ2) is 8.70. The number of rotatable bonds is 6. The summed E-state index contributed by atoms with van der Waals surface area (Å²) in [6.07, 6.45) is 6.16. The number of para-hydroxylation sites is 1. The number of aromatic nitrogens is 5. The van der Waals surface area contributed by atoms with E-state index < -0.39 is 5.69 Å². The minimum Gasteiger partial charge on any atom is -0.369 e. The van der Waals surface area contributed by atoms with Crippen molar-refractivity contribution in [2.24, 2.45) is 0 Å². The number of hydrogen-bond acceptors (Lipinski definition) is 7. The first kappa shape index (κ1) is 20.1. The number of benzene rings is 1. The predicted molar refractivity (Wildman–Crippen MR) is 118 cm³/mol. The zero-order valence-electron chi connectivity index (χ0n) is 17.1. The molecule has 4 rings (SSSR count). The van der Waals surface area contributed by atoms with Crippen molar-refractivity contribution in [1.82, 2.24) is 30.2 Å². The van der Waals surface area contributed by atoms with Crippen LogP contribution in [0.3, 0.4) is 0 Å². The highest BCUT2D eigenvalue weighted by Crippen LogP contribution is 2.26. The molecule has 0 radical (unpaired) electrons. The SMILES string of the molecule is CNC(=O)c1ccnc2c([C@H](C)CNc3cc(-c4cnc(=O)[nH]c4)ncn3)cccc12. The quantitative estimate of drug-likeness (QED) is 0.441. The highest BCUT2D eigenvalue weighted by atomic mass is 16.1. The number of carbonyl (C=O) groups is 1. The number of carbonyl (C=O) groups excluding carboxylic acids is 1. The molecule has 3 aromatic heterocycles. The van der Waals surface area contributed by atoms with Crippen LogP contribution in [0.5, 0.6) is 0 Å². The summed E-state index contributed by atoms with van der Waals surface area (Å²) in [4.78, 5) is 42.7. The smallest absolute Gasteiger partial charge is 0.344 e. The highest BCUT2D eigenvalue weighted by Gasteiger charge is 2.15. The second-order valence-electron chi connectivity index (χ2n) is 7.06. The van der Waals surface area contributed by atoms with Gasteiger partial charge in [-0.1, -0.05) is 25.1 Å². The van der Waals surface area contributed by atoms with Gasteiger partial charge in [-0.2, -0.15) is 0 Å². The van der Waals surface area contributed by atoms with Gasteiger partial charge in [0.2, 0.25) is 0 Å². The molecule has 0 fully saturated rings. The van der Waals surface area contributed by atoms with Gasteiger partial charge in [-0.25, -0.2) is 19.7 Å². The normalized spacial score (nSPS) is 11.8. The van der Waals surface area contributed by atoms with E-state index in [0.29, 0.717) is 29.2 Å². The molecule has 0 saturated carbocycles. The van der Waals surface area contributed by atoms with Gasteiger partial charge in [0.15, 0.2) is 0 Å². The first-order valence-electron chi connectivity index (χ1n) is 9.77. The number of fused-ring (bicyclic) bond motifs is 1. The molecular weight excluding hydrogens is 394 g/mol. The van der Waals surface area contributed by atoms with Gasteiger partial charge in [-0.15, -0.1) is 0 Å². The van der Waals surface area contributed by atoms with E-state index in [1.54, 1.807) is 31.6 Å². The average Bonchev–Trinajstić information content (AvgIpc) is 2.82. The molecule has 3 heterocycles. The topological polar surface area (TPSA) is 126 Å². The Hall–Kier alpha value is -4.14. The van der Waals surface area contributed by atoms with E-state index in [-0.39, 0.29) is 11.8 Å². The molecular formula is C22H21N7O2. The average molecular weight is 415 g/mol. The molecule has 0 spiro atoms.